The van der Waals surface area contributed by atoms with Crippen LogP contribution in [0.25, 0.3) is 0 Å². The highest BCUT2D eigenvalue weighted by Crippen LogP contribution is 2.32. The molecule has 19 heavy (non-hydrogen) atoms. The molecule has 5 nitrogen and oxygen atoms in total. The molecule has 1 atom stereocenters. The highest BCUT2D eigenvalue weighted by atomic mass is 32.2. The molecular formula is C13H19NO4S. The first kappa shape index (κ1) is 14.1. The summed E-state index contributed by atoms with van der Waals surface area (Å²) in [4.78, 5) is 0.239. The summed E-state index contributed by atoms with van der Waals surface area (Å²) in [5.74, 6) is 1.03. The molecule has 1 aromatic rings. The molecule has 0 radical (unpaired) electrons. The monoisotopic (exact) mass is 285 g/mol. The number of ether oxygens (including phenoxy) is 2. The van der Waals surface area contributed by atoms with E-state index in [1.54, 1.807) is 12.1 Å². The summed E-state index contributed by atoms with van der Waals surface area (Å²) in [5, 5.41) is 0. The van der Waals surface area contributed by atoms with E-state index in [1.807, 2.05) is 6.92 Å². The molecule has 1 unspecified atom stereocenters. The van der Waals surface area contributed by atoms with E-state index in [4.69, 9.17) is 15.2 Å². The Labute approximate surface area is 113 Å². The predicted molar refractivity (Wildman–Crippen MR) is 72.4 cm³/mol. The Morgan fingerprint density at radius 1 is 1.26 bits per heavy atom. The van der Waals surface area contributed by atoms with Crippen LogP contribution in [-0.2, 0) is 9.84 Å². The second kappa shape index (κ2) is 5.79. The fourth-order valence-corrected chi connectivity index (χ4v) is 3.53. The number of fused-ring (bicyclic) bond motifs is 1. The van der Waals surface area contributed by atoms with Gasteiger partial charge in [-0.25, -0.2) is 8.42 Å². The molecule has 0 fully saturated rings. The normalized spacial score (nSPS) is 16.1. The predicted octanol–water partition coefficient (Wildman–Crippen LogP) is 1.36. The number of hydrogen-bond donors (Lipinski definition) is 1. The van der Waals surface area contributed by atoms with E-state index in [9.17, 15) is 8.42 Å². The molecule has 1 aliphatic heterocycles. The van der Waals surface area contributed by atoms with Gasteiger partial charge in [0.2, 0.25) is 0 Å². The molecule has 1 heterocycles. The van der Waals surface area contributed by atoms with E-state index in [1.165, 1.54) is 6.07 Å². The smallest absolute Gasteiger partial charge is 0.180 e. The number of nitrogens with two attached hydrogens (primary N) is 1. The Balaban J connectivity index is 2.21. The molecular weight excluding hydrogens is 266 g/mol. The fourth-order valence-electron chi connectivity index (χ4n) is 2.05. The second-order valence-electron chi connectivity index (χ2n) is 4.64. The lowest BCUT2D eigenvalue weighted by Gasteiger charge is -2.19. The maximum Gasteiger partial charge on any atom is 0.180 e. The van der Waals surface area contributed by atoms with Gasteiger partial charge >= 0.3 is 0 Å². The first-order valence-corrected chi connectivity index (χ1v) is 8.06. The maximum absolute atomic E-state index is 12.2. The summed E-state index contributed by atoms with van der Waals surface area (Å²) in [7, 11) is -3.38. The molecule has 0 aromatic heterocycles. The third kappa shape index (κ3) is 3.39. The van der Waals surface area contributed by atoms with Crippen LogP contribution in [-0.4, -0.2) is 33.4 Å². The third-order valence-corrected chi connectivity index (χ3v) is 4.80. The van der Waals surface area contributed by atoms with Crippen molar-refractivity contribution in [2.45, 2.75) is 30.7 Å². The number of hydrogen-bond acceptors (Lipinski definition) is 5. The largest absolute Gasteiger partial charge is 0.486 e. The van der Waals surface area contributed by atoms with Crippen molar-refractivity contribution >= 4 is 9.84 Å². The summed E-state index contributed by atoms with van der Waals surface area (Å²) < 4.78 is 35.2. The Morgan fingerprint density at radius 2 is 1.95 bits per heavy atom. The van der Waals surface area contributed by atoms with Crippen LogP contribution >= 0.6 is 0 Å². The molecule has 1 aromatic carbocycles. The molecule has 2 N–H and O–H groups in total. The molecule has 2 rings (SSSR count). The van der Waals surface area contributed by atoms with Crippen molar-refractivity contribution in [1.29, 1.82) is 0 Å². The zero-order valence-electron chi connectivity index (χ0n) is 11.0. The van der Waals surface area contributed by atoms with E-state index in [0.717, 1.165) is 6.42 Å². The van der Waals surface area contributed by atoms with E-state index < -0.39 is 9.84 Å². The molecule has 1 aliphatic rings. The lowest BCUT2D eigenvalue weighted by Crippen LogP contribution is -2.29. The van der Waals surface area contributed by atoms with Crippen molar-refractivity contribution in [3.63, 3.8) is 0 Å². The average molecular weight is 285 g/mol. The van der Waals surface area contributed by atoms with Crippen LogP contribution in [0.4, 0.5) is 0 Å². The molecule has 0 saturated heterocycles. The molecule has 0 spiro atoms. The van der Waals surface area contributed by atoms with Gasteiger partial charge in [0, 0.05) is 12.1 Å². The summed E-state index contributed by atoms with van der Waals surface area (Å²) >= 11 is 0. The zero-order chi connectivity index (χ0) is 13.9. The molecule has 0 bridgehead atoms. The van der Waals surface area contributed by atoms with Gasteiger partial charge in [0.05, 0.1) is 10.6 Å². The van der Waals surface area contributed by atoms with Gasteiger partial charge in [-0.2, -0.15) is 0 Å². The van der Waals surface area contributed by atoms with Crippen LogP contribution in [0.1, 0.15) is 19.8 Å². The highest BCUT2D eigenvalue weighted by Gasteiger charge is 2.21. The van der Waals surface area contributed by atoms with Gasteiger partial charge in [-0.1, -0.05) is 13.3 Å². The summed E-state index contributed by atoms with van der Waals surface area (Å²) in [6.45, 7) is 2.91. The Hall–Kier alpha value is -1.27. The van der Waals surface area contributed by atoms with Crippen molar-refractivity contribution in [3.8, 4) is 11.5 Å². The number of rotatable bonds is 5. The molecule has 106 valence electrons. The van der Waals surface area contributed by atoms with Crippen molar-refractivity contribution in [2.75, 3.05) is 19.0 Å². The van der Waals surface area contributed by atoms with E-state index >= 15 is 0 Å². The molecule has 0 aliphatic carbocycles. The third-order valence-electron chi connectivity index (χ3n) is 2.97. The minimum absolute atomic E-state index is 0.0412. The van der Waals surface area contributed by atoms with Crippen LogP contribution in [0.5, 0.6) is 11.5 Å². The summed E-state index contributed by atoms with van der Waals surface area (Å²) in [6, 6.07) is 4.36. The van der Waals surface area contributed by atoms with Crippen LogP contribution in [0, 0.1) is 0 Å². The summed E-state index contributed by atoms with van der Waals surface area (Å²) in [5.41, 5.74) is 5.81. The van der Waals surface area contributed by atoms with Gasteiger partial charge < -0.3 is 15.2 Å². The Morgan fingerprint density at radius 3 is 2.63 bits per heavy atom. The minimum Gasteiger partial charge on any atom is -0.486 e. The standard InChI is InChI=1S/C13H19NO4S/c1-2-3-10(14)9-19(15,16)11-4-5-12-13(8-11)18-7-6-17-12/h4-5,8,10H,2-3,6-7,9,14H2,1H3. The topological polar surface area (TPSA) is 78.6 Å². The fraction of sp³-hybridized carbons (Fsp3) is 0.538. The molecule has 6 heteroatoms. The van der Waals surface area contributed by atoms with Crippen LogP contribution in [0.15, 0.2) is 23.1 Å². The zero-order valence-corrected chi connectivity index (χ0v) is 11.8. The Bertz CT molecular complexity index is 542. The van der Waals surface area contributed by atoms with Gasteiger partial charge in [-0.15, -0.1) is 0 Å². The van der Waals surface area contributed by atoms with Gasteiger partial charge in [0.15, 0.2) is 21.3 Å². The lowest BCUT2D eigenvalue weighted by atomic mass is 10.2. The maximum atomic E-state index is 12.2. The Kier molecular flexibility index (Phi) is 4.31. The molecule has 0 saturated carbocycles. The van der Waals surface area contributed by atoms with E-state index in [-0.39, 0.29) is 16.7 Å². The average Bonchev–Trinajstić information content (AvgIpc) is 2.37. The van der Waals surface area contributed by atoms with Crippen molar-refractivity contribution < 1.29 is 17.9 Å². The van der Waals surface area contributed by atoms with E-state index in [0.29, 0.717) is 31.1 Å². The van der Waals surface area contributed by atoms with Gasteiger partial charge in [-0.3, -0.25) is 0 Å². The SMILES string of the molecule is CCCC(N)CS(=O)(=O)c1ccc2c(c1)OCCO2. The van der Waals surface area contributed by atoms with Gasteiger partial charge in [-0.05, 0) is 18.6 Å². The van der Waals surface area contributed by atoms with Crippen LogP contribution in [0.3, 0.4) is 0 Å². The second-order valence-corrected chi connectivity index (χ2v) is 6.67. The van der Waals surface area contributed by atoms with Crippen LogP contribution < -0.4 is 15.2 Å². The van der Waals surface area contributed by atoms with Gasteiger partial charge in [0.25, 0.3) is 0 Å². The van der Waals surface area contributed by atoms with Crippen molar-refractivity contribution in [1.82, 2.24) is 0 Å². The van der Waals surface area contributed by atoms with Crippen molar-refractivity contribution in [2.24, 2.45) is 5.73 Å². The number of sulfone groups is 1. The van der Waals surface area contributed by atoms with Crippen LogP contribution in [0.2, 0.25) is 0 Å². The molecule has 0 amide bonds. The first-order valence-electron chi connectivity index (χ1n) is 6.41. The number of benzene rings is 1. The van der Waals surface area contributed by atoms with Crippen molar-refractivity contribution in [3.05, 3.63) is 18.2 Å². The van der Waals surface area contributed by atoms with E-state index in [2.05, 4.69) is 0 Å². The van der Waals surface area contributed by atoms with Gasteiger partial charge in [0.1, 0.15) is 13.2 Å². The first-order chi connectivity index (χ1) is 9.03. The highest BCUT2D eigenvalue weighted by molar-refractivity contribution is 7.91. The minimum atomic E-state index is -3.38. The summed E-state index contributed by atoms with van der Waals surface area (Å²) in [6.07, 6.45) is 1.57. The quantitative estimate of drug-likeness (QED) is 0.883. The lowest BCUT2D eigenvalue weighted by molar-refractivity contribution is 0.171.